The molecule has 0 aliphatic heterocycles. The third kappa shape index (κ3) is 5.47. The molecule has 0 aliphatic rings. The molecule has 0 unspecified atom stereocenters. The minimum Gasteiger partial charge on any atom is -0.411 e. The summed E-state index contributed by atoms with van der Waals surface area (Å²) >= 11 is 0. The first kappa shape index (κ1) is 7.47. The number of nitrogens with zero attached hydrogens (tertiary/aromatic N) is 1. The number of rotatable bonds is 4. The third-order valence-electron chi connectivity index (χ3n) is 0.896. The molecule has 0 aromatic rings. The van der Waals surface area contributed by atoms with Gasteiger partial charge < -0.3 is 5.21 Å². The maximum absolute atomic E-state index is 7.90. The molecular formula is C6H12NO. The molecule has 2 nitrogen and oxygen atoms in total. The molecule has 0 amide bonds. The van der Waals surface area contributed by atoms with Crippen LogP contribution in [0.15, 0.2) is 5.16 Å². The molecule has 0 rings (SSSR count). The molecule has 0 bridgehead atoms. The van der Waals surface area contributed by atoms with Gasteiger partial charge in [0.05, 0.1) is 0 Å². The van der Waals surface area contributed by atoms with Gasteiger partial charge in [-0.15, -0.1) is 5.16 Å². The van der Waals surface area contributed by atoms with Gasteiger partial charge in [-0.25, -0.2) is 0 Å². The first-order valence-electron chi connectivity index (χ1n) is 2.91. The second-order valence-electron chi connectivity index (χ2n) is 1.64. The fourth-order valence-electron chi connectivity index (χ4n) is 0.444. The van der Waals surface area contributed by atoms with Gasteiger partial charge in [0.15, 0.2) is 0 Å². The van der Waals surface area contributed by atoms with Crippen LogP contribution in [0.1, 0.15) is 26.2 Å². The Balaban J connectivity index is 2.72. The van der Waals surface area contributed by atoms with Crippen molar-refractivity contribution in [3.8, 4) is 0 Å². The van der Waals surface area contributed by atoms with E-state index in [4.69, 9.17) is 5.21 Å². The monoisotopic (exact) mass is 114 g/mol. The Morgan fingerprint density at radius 2 is 2.38 bits per heavy atom. The zero-order valence-corrected chi connectivity index (χ0v) is 5.17. The van der Waals surface area contributed by atoms with Gasteiger partial charge in [0.2, 0.25) is 0 Å². The van der Waals surface area contributed by atoms with E-state index < -0.39 is 0 Å². The average Bonchev–Trinajstić information content (AvgIpc) is 1.81. The van der Waals surface area contributed by atoms with Crippen molar-refractivity contribution in [1.29, 1.82) is 0 Å². The van der Waals surface area contributed by atoms with E-state index in [0.717, 1.165) is 6.42 Å². The van der Waals surface area contributed by atoms with E-state index in [9.17, 15) is 0 Å². The molecule has 2 heteroatoms. The van der Waals surface area contributed by atoms with Crippen LogP contribution in [0.5, 0.6) is 0 Å². The van der Waals surface area contributed by atoms with Gasteiger partial charge in [0.25, 0.3) is 0 Å². The predicted molar refractivity (Wildman–Crippen MR) is 34.1 cm³/mol. The number of unbranched alkanes of at least 4 members (excludes halogenated alkanes) is 3. The summed E-state index contributed by atoms with van der Waals surface area (Å²) in [6, 6.07) is 0. The molecule has 0 aromatic carbocycles. The van der Waals surface area contributed by atoms with Crippen molar-refractivity contribution in [2.45, 2.75) is 26.2 Å². The highest BCUT2D eigenvalue weighted by atomic mass is 16.4. The van der Waals surface area contributed by atoms with Crippen molar-refractivity contribution < 1.29 is 5.21 Å². The Labute approximate surface area is 50.2 Å². The van der Waals surface area contributed by atoms with Gasteiger partial charge in [-0.2, -0.15) is 0 Å². The summed E-state index contributed by atoms with van der Waals surface area (Å²) in [5.74, 6) is 0. The molecule has 0 aromatic heterocycles. The molecule has 1 radical (unpaired) electrons. The van der Waals surface area contributed by atoms with E-state index in [0.29, 0.717) is 0 Å². The van der Waals surface area contributed by atoms with E-state index in [-0.39, 0.29) is 0 Å². The van der Waals surface area contributed by atoms with Gasteiger partial charge in [-0.3, -0.25) is 0 Å². The van der Waals surface area contributed by atoms with Crippen LogP contribution in [-0.2, 0) is 0 Å². The van der Waals surface area contributed by atoms with Crippen LogP contribution in [0, 0.1) is 6.42 Å². The van der Waals surface area contributed by atoms with Gasteiger partial charge in [0.1, 0.15) is 0 Å². The number of hydrogen-bond donors (Lipinski definition) is 1. The van der Waals surface area contributed by atoms with Crippen LogP contribution in [-0.4, -0.2) is 11.4 Å². The van der Waals surface area contributed by atoms with Crippen molar-refractivity contribution in [3.05, 3.63) is 6.42 Å². The molecule has 47 valence electrons. The molecule has 0 heterocycles. The third-order valence-corrected chi connectivity index (χ3v) is 0.896. The highest BCUT2D eigenvalue weighted by Crippen LogP contribution is 1.94. The predicted octanol–water partition coefficient (Wildman–Crippen LogP) is 1.84. The highest BCUT2D eigenvalue weighted by Gasteiger charge is 1.80. The van der Waals surface area contributed by atoms with Crippen molar-refractivity contribution in [2.24, 2.45) is 5.16 Å². The Kier molecular flexibility index (Phi) is 6.04. The van der Waals surface area contributed by atoms with Crippen LogP contribution in [0.2, 0.25) is 0 Å². The van der Waals surface area contributed by atoms with Crippen molar-refractivity contribution in [1.82, 2.24) is 0 Å². The maximum atomic E-state index is 7.90. The highest BCUT2D eigenvalue weighted by molar-refractivity contribution is 5.66. The molecule has 1 N–H and O–H groups in total. The van der Waals surface area contributed by atoms with Crippen LogP contribution in [0.25, 0.3) is 0 Å². The molecule has 0 spiro atoms. The van der Waals surface area contributed by atoms with Crippen LogP contribution < -0.4 is 0 Å². The smallest absolute Gasteiger partial charge is 0.0473 e. The average molecular weight is 114 g/mol. The van der Waals surface area contributed by atoms with Crippen LogP contribution >= 0.6 is 0 Å². The van der Waals surface area contributed by atoms with Gasteiger partial charge in [-0.05, 0) is 6.42 Å². The second-order valence-corrected chi connectivity index (χ2v) is 1.64. The molecule has 0 saturated heterocycles. The first-order valence-corrected chi connectivity index (χ1v) is 2.91. The minimum absolute atomic E-state index is 1.01. The van der Waals surface area contributed by atoms with E-state index >= 15 is 0 Å². The summed E-state index contributed by atoms with van der Waals surface area (Å²) in [7, 11) is 0. The van der Waals surface area contributed by atoms with E-state index in [2.05, 4.69) is 12.1 Å². The second kappa shape index (κ2) is 6.47. The Morgan fingerprint density at radius 3 is 2.88 bits per heavy atom. The van der Waals surface area contributed by atoms with Crippen LogP contribution in [0.4, 0.5) is 0 Å². The summed E-state index contributed by atoms with van der Waals surface area (Å²) in [5, 5.41) is 10.7. The van der Waals surface area contributed by atoms with Gasteiger partial charge in [-0.1, -0.05) is 19.8 Å². The fraction of sp³-hybridized carbons (Fsp3) is 0.667. The summed E-state index contributed by atoms with van der Waals surface area (Å²) in [6.07, 6.45) is 6.64. The first-order chi connectivity index (χ1) is 3.91. The van der Waals surface area contributed by atoms with Crippen LogP contribution in [0.3, 0.4) is 0 Å². The molecule has 8 heavy (non-hydrogen) atoms. The summed E-state index contributed by atoms with van der Waals surface area (Å²) < 4.78 is 0. The standard InChI is InChI=1S/C6H12NO/c1-2-3-4-5-6-7-8/h5-6,8H,2-4H2,1H3. The van der Waals surface area contributed by atoms with Gasteiger partial charge >= 0.3 is 0 Å². The molecule has 0 saturated carbocycles. The number of oxime groups is 1. The molecular weight excluding hydrogens is 102 g/mol. The Morgan fingerprint density at radius 1 is 1.62 bits per heavy atom. The molecule has 0 aliphatic carbocycles. The Hall–Kier alpha value is -0.530. The van der Waals surface area contributed by atoms with E-state index in [1.54, 1.807) is 0 Å². The van der Waals surface area contributed by atoms with Crippen molar-refractivity contribution in [2.75, 3.05) is 0 Å². The summed E-state index contributed by atoms with van der Waals surface area (Å²) in [5.41, 5.74) is 0. The topological polar surface area (TPSA) is 32.6 Å². The Bertz CT molecular complexity index is 61.5. The summed E-state index contributed by atoms with van der Waals surface area (Å²) in [4.78, 5) is 0. The lowest BCUT2D eigenvalue weighted by Gasteiger charge is -1.87. The fourth-order valence-corrected chi connectivity index (χ4v) is 0.444. The lowest BCUT2D eigenvalue weighted by atomic mass is 10.2. The summed E-state index contributed by atoms with van der Waals surface area (Å²) in [6.45, 7) is 2.13. The number of hydrogen-bond acceptors (Lipinski definition) is 2. The van der Waals surface area contributed by atoms with E-state index in [1.165, 1.54) is 19.1 Å². The largest absolute Gasteiger partial charge is 0.411 e. The molecule has 0 fully saturated rings. The zero-order valence-electron chi connectivity index (χ0n) is 5.17. The lowest BCUT2D eigenvalue weighted by Crippen LogP contribution is -1.77. The molecule has 0 atom stereocenters. The van der Waals surface area contributed by atoms with Crippen molar-refractivity contribution in [3.63, 3.8) is 0 Å². The lowest BCUT2D eigenvalue weighted by molar-refractivity contribution is 0.321. The normalized spacial score (nSPS) is 10.6. The van der Waals surface area contributed by atoms with Gasteiger partial charge in [0, 0.05) is 12.6 Å². The minimum atomic E-state index is 1.01. The maximum Gasteiger partial charge on any atom is 0.0473 e. The van der Waals surface area contributed by atoms with E-state index in [1.807, 2.05) is 6.42 Å². The SMILES string of the molecule is CCCC[CH]C=NO. The zero-order chi connectivity index (χ0) is 6.24. The van der Waals surface area contributed by atoms with Crippen molar-refractivity contribution >= 4 is 6.21 Å². The quantitative estimate of drug-likeness (QED) is 0.257.